The first-order valence-corrected chi connectivity index (χ1v) is 6.36. The van der Waals surface area contributed by atoms with Crippen LogP contribution in [0.1, 0.15) is 10.5 Å². The Hall–Kier alpha value is -2.95. The number of carbonyl (C=O) groups is 1. The number of pyridine rings is 1. The van der Waals surface area contributed by atoms with E-state index in [1.807, 2.05) is 24.3 Å². The smallest absolute Gasteiger partial charge is 0.274 e. The summed E-state index contributed by atoms with van der Waals surface area (Å²) in [5, 5.41) is 3.39. The maximum atomic E-state index is 13.7. The highest BCUT2D eigenvalue weighted by atomic mass is 19.1. The van der Waals surface area contributed by atoms with Crippen LogP contribution in [0.3, 0.4) is 0 Å². The van der Waals surface area contributed by atoms with E-state index in [9.17, 15) is 9.18 Å². The Kier molecular flexibility index (Phi) is 3.23. The molecule has 0 saturated heterocycles. The first-order valence-electron chi connectivity index (χ1n) is 6.36. The Morgan fingerprint density at radius 3 is 2.67 bits per heavy atom. The Labute approximate surface area is 120 Å². The molecule has 1 amide bonds. The van der Waals surface area contributed by atoms with Gasteiger partial charge < -0.3 is 11.1 Å². The van der Waals surface area contributed by atoms with Gasteiger partial charge in [0.2, 0.25) is 0 Å². The number of benzene rings is 2. The Bertz CT molecular complexity index is 812. The van der Waals surface area contributed by atoms with Crippen LogP contribution < -0.4 is 11.1 Å². The number of nitrogens with two attached hydrogens (primary N) is 1. The van der Waals surface area contributed by atoms with Crippen LogP contribution in [0.4, 0.5) is 15.8 Å². The average molecular weight is 281 g/mol. The molecule has 0 unspecified atom stereocenters. The summed E-state index contributed by atoms with van der Waals surface area (Å²) in [6.07, 6.45) is 0. The van der Waals surface area contributed by atoms with Crippen LogP contribution in [-0.4, -0.2) is 10.9 Å². The number of nitrogens with zero attached hydrogens (tertiary/aromatic N) is 1. The first-order chi connectivity index (χ1) is 10.1. The van der Waals surface area contributed by atoms with E-state index in [1.54, 1.807) is 12.1 Å². The quantitative estimate of drug-likeness (QED) is 0.709. The molecular formula is C16H12FN3O. The van der Waals surface area contributed by atoms with Gasteiger partial charge in [-0.1, -0.05) is 30.3 Å². The first kappa shape index (κ1) is 13.1. The Balaban J connectivity index is 1.94. The van der Waals surface area contributed by atoms with Crippen LogP contribution in [0.2, 0.25) is 0 Å². The Morgan fingerprint density at radius 2 is 1.86 bits per heavy atom. The largest absolute Gasteiger partial charge is 0.397 e. The predicted molar refractivity (Wildman–Crippen MR) is 80.5 cm³/mol. The number of amides is 1. The lowest BCUT2D eigenvalue weighted by Gasteiger charge is -2.09. The molecule has 21 heavy (non-hydrogen) atoms. The van der Waals surface area contributed by atoms with Gasteiger partial charge in [-0.25, -0.2) is 9.37 Å². The zero-order chi connectivity index (χ0) is 14.8. The second-order valence-electron chi connectivity index (χ2n) is 4.55. The monoisotopic (exact) mass is 281 g/mol. The summed E-state index contributed by atoms with van der Waals surface area (Å²) in [5.41, 5.74) is 6.71. The van der Waals surface area contributed by atoms with E-state index in [0.717, 1.165) is 5.39 Å². The molecule has 0 fully saturated rings. The van der Waals surface area contributed by atoms with Crippen LogP contribution >= 0.6 is 0 Å². The number of aromatic nitrogens is 1. The van der Waals surface area contributed by atoms with E-state index in [2.05, 4.69) is 10.3 Å². The third-order valence-corrected chi connectivity index (χ3v) is 3.12. The van der Waals surface area contributed by atoms with Crippen molar-refractivity contribution in [1.82, 2.24) is 4.98 Å². The van der Waals surface area contributed by atoms with Crippen LogP contribution in [0, 0.1) is 5.82 Å². The molecule has 3 N–H and O–H groups in total. The van der Waals surface area contributed by atoms with Gasteiger partial charge in [0.15, 0.2) is 0 Å². The van der Waals surface area contributed by atoms with E-state index in [4.69, 9.17) is 5.73 Å². The second-order valence-corrected chi connectivity index (χ2v) is 4.55. The lowest BCUT2D eigenvalue weighted by atomic mass is 10.2. The molecule has 0 radical (unpaired) electrons. The van der Waals surface area contributed by atoms with Crippen LogP contribution in [0.5, 0.6) is 0 Å². The Morgan fingerprint density at radius 1 is 1.05 bits per heavy atom. The van der Waals surface area contributed by atoms with Crippen molar-refractivity contribution in [1.29, 1.82) is 0 Å². The number of hydrogen-bond acceptors (Lipinski definition) is 3. The molecule has 0 bridgehead atoms. The molecular weight excluding hydrogens is 269 g/mol. The molecule has 4 nitrogen and oxygen atoms in total. The second kappa shape index (κ2) is 5.20. The molecule has 0 atom stereocenters. The fraction of sp³-hybridized carbons (Fsp3) is 0. The number of nitrogen functional groups attached to an aromatic ring is 1. The van der Waals surface area contributed by atoms with Crippen molar-refractivity contribution in [2.24, 2.45) is 0 Å². The van der Waals surface area contributed by atoms with E-state index in [0.29, 0.717) is 5.52 Å². The lowest BCUT2D eigenvalue weighted by molar-refractivity contribution is 0.102. The molecule has 0 saturated carbocycles. The summed E-state index contributed by atoms with van der Waals surface area (Å²) in [5.74, 6) is -1.08. The molecule has 1 aromatic heterocycles. The maximum absolute atomic E-state index is 13.7. The topological polar surface area (TPSA) is 68.0 Å². The van der Waals surface area contributed by atoms with Crippen molar-refractivity contribution in [3.63, 3.8) is 0 Å². The zero-order valence-electron chi connectivity index (χ0n) is 11.0. The highest BCUT2D eigenvalue weighted by Crippen LogP contribution is 2.22. The molecule has 3 rings (SSSR count). The van der Waals surface area contributed by atoms with Crippen molar-refractivity contribution < 1.29 is 9.18 Å². The fourth-order valence-corrected chi connectivity index (χ4v) is 2.04. The molecule has 104 valence electrons. The molecule has 0 aliphatic heterocycles. The molecule has 5 heteroatoms. The van der Waals surface area contributed by atoms with Gasteiger partial charge in [-0.2, -0.15) is 0 Å². The summed E-state index contributed by atoms with van der Waals surface area (Å²) in [6, 6.07) is 15.1. The van der Waals surface area contributed by atoms with E-state index in [-0.39, 0.29) is 17.1 Å². The average Bonchev–Trinajstić information content (AvgIpc) is 2.50. The summed E-state index contributed by atoms with van der Waals surface area (Å²) in [6.45, 7) is 0. The number of fused-ring (bicyclic) bond motifs is 1. The van der Waals surface area contributed by atoms with Gasteiger partial charge in [-0.05, 0) is 24.3 Å². The fourth-order valence-electron chi connectivity index (χ4n) is 2.04. The minimum atomic E-state index is -0.580. The molecule has 3 aromatic rings. The van der Waals surface area contributed by atoms with Crippen molar-refractivity contribution >= 4 is 28.2 Å². The summed E-state index contributed by atoms with van der Waals surface area (Å²) >= 11 is 0. The SMILES string of the molecule is Nc1cccc(F)c1NC(=O)c1ccc2ccccc2n1. The lowest BCUT2D eigenvalue weighted by Crippen LogP contribution is -2.15. The molecule has 1 heterocycles. The molecule has 0 spiro atoms. The highest BCUT2D eigenvalue weighted by Gasteiger charge is 2.13. The maximum Gasteiger partial charge on any atom is 0.274 e. The molecule has 0 aliphatic rings. The van der Waals surface area contributed by atoms with Crippen molar-refractivity contribution in [2.45, 2.75) is 0 Å². The van der Waals surface area contributed by atoms with Crippen LogP contribution in [0.25, 0.3) is 10.9 Å². The number of hydrogen-bond donors (Lipinski definition) is 2. The third-order valence-electron chi connectivity index (χ3n) is 3.12. The number of carbonyl (C=O) groups excluding carboxylic acids is 1. The van der Waals surface area contributed by atoms with Crippen LogP contribution in [-0.2, 0) is 0 Å². The minimum Gasteiger partial charge on any atom is -0.397 e. The molecule has 2 aromatic carbocycles. The number of nitrogens with one attached hydrogen (secondary N) is 1. The number of para-hydroxylation sites is 2. The predicted octanol–water partition coefficient (Wildman–Crippen LogP) is 3.21. The van der Waals surface area contributed by atoms with Crippen molar-refractivity contribution in [3.05, 3.63) is 66.1 Å². The minimum absolute atomic E-state index is 0.0301. The van der Waals surface area contributed by atoms with E-state index >= 15 is 0 Å². The van der Waals surface area contributed by atoms with Crippen LogP contribution in [0.15, 0.2) is 54.6 Å². The van der Waals surface area contributed by atoms with Gasteiger partial charge in [0.05, 0.1) is 11.2 Å². The molecule has 0 aliphatic carbocycles. The van der Waals surface area contributed by atoms with E-state index < -0.39 is 11.7 Å². The summed E-state index contributed by atoms with van der Waals surface area (Å²) < 4.78 is 13.7. The van der Waals surface area contributed by atoms with Crippen molar-refractivity contribution in [3.8, 4) is 0 Å². The van der Waals surface area contributed by atoms with Gasteiger partial charge in [-0.3, -0.25) is 4.79 Å². The normalized spacial score (nSPS) is 10.5. The van der Waals surface area contributed by atoms with Gasteiger partial charge in [0.25, 0.3) is 5.91 Å². The number of halogens is 1. The van der Waals surface area contributed by atoms with E-state index in [1.165, 1.54) is 18.2 Å². The third kappa shape index (κ3) is 2.53. The van der Waals surface area contributed by atoms with Gasteiger partial charge in [-0.15, -0.1) is 0 Å². The number of rotatable bonds is 2. The standard InChI is InChI=1S/C16H12FN3O/c17-11-5-3-6-12(18)15(11)20-16(21)14-9-8-10-4-1-2-7-13(10)19-14/h1-9H,18H2,(H,20,21). The summed E-state index contributed by atoms with van der Waals surface area (Å²) in [7, 11) is 0. The van der Waals surface area contributed by atoms with Gasteiger partial charge in [0.1, 0.15) is 17.2 Å². The summed E-state index contributed by atoms with van der Waals surface area (Å²) in [4.78, 5) is 16.4. The number of anilines is 2. The van der Waals surface area contributed by atoms with Gasteiger partial charge in [0, 0.05) is 5.39 Å². The zero-order valence-corrected chi connectivity index (χ0v) is 11.0. The highest BCUT2D eigenvalue weighted by molar-refractivity contribution is 6.05. The van der Waals surface area contributed by atoms with Crippen molar-refractivity contribution in [2.75, 3.05) is 11.1 Å². The van der Waals surface area contributed by atoms with Gasteiger partial charge >= 0.3 is 0 Å².